The highest BCUT2D eigenvalue weighted by atomic mass is 16.5. The Balaban J connectivity index is 2.25. The van der Waals surface area contributed by atoms with Gasteiger partial charge >= 0.3 is 0 Å². The summed E-state index contributed by atoms with van der Waals surface area (Å²) in [6.07, 6.45) is 5.10. The molecule has 112 valence electrons. The minimum Gasteiger partial charge on any atom is -0.497 e. The molecule has 0 amide bonds. The first kappa shape index (κ1) is 14.4. The summed E-state index contributed by atoms with van der Waals surface area (Å²) in [5.74, 6) is 0.762. The second-order valence-corrected chi connectivity index (χ2v) is 5.56. The first-order valence-corrected chi connectivity index (χ1v) is 7.57. The van der Waals surface area contributed by atoms with E-state index in [-0.39, 0.29) is 11.1 Å². The summed E-state index contributed by atoms with van der Waals surface area (Å²) in [5, 5.41) is 9.44. The Labute approximate surface area is 129 Å². The van der Waals surface area contributed by atoms with Gasteiger partial charge in [0.05, 0.1) is 7.11 Å². The van der Waals surface area contributed by atoms with Crippen molar-refractivity contribution in [3.05, 3.63) is 51.4 Å². The monoisotopic (exact) mass is 294 g/mol. The van der Waals surface area contributed by atoms with Gasteiger partial charge < -0.3 is 9.72 Å². The molecule has 1 aromatic carbocycles. The number of ether oxygens (including phenoxy) is 1. The summed E-state index contributed by atoms with van der Waals surface area (Å²) in [5.41, 5.74) is 3.75. The fraction of sp³-hybridized carbons (Fsp3) is 0.333. The number of nitriles is 1. The third-order valence-electron chi connectivity index (χ3n) is 4.25. The van der Waals surface area contributed by atoms with Crippen molar-refractivity contribution in [3.63, 3.8) is 0 Å². The summed E-state index contributed by atoms with van der Waals surface area (Å²) in [6, 6.07) is 9.64. The maximum atomic E-state index is 12.2. The van der Waals surface area contributed by atoms with Crippen molar-refractivity contribution in [2.24, 2.45) is 0 Å². The average molecular weight is 294 g/mol. The predicted octanol–water partition coefficient (Wildman–Crippen LogP) is 3.19. The van der Waals surface area contributed by atoms with Gasteiger partial charge in [0.15, 0.2) is 0 Å². The molecule has 4 heteroatoms. The SMILES string of the molecule is COc1ccc(-c2c3c([nH]c(=O)c2C#N)CCCCC3)cc1. The normalized spacial score (nSPS) is 13.8. The highest BCUT2D eigenvalue weighted by molar-refractivity contribution is 5.74. The minimum absolute atomic E-state index is 0.214. The fourth-order valence-corrected chi connectivity index (χ4v) is 3.14. The number of hydrogen-bond acceptors (Lipinski definition) is 3. The average Bonchev–Trinajstić information content (AvgIpc) is 2.78. The van der Waals surface area contributed by atoms with E-state index < -0.39 is 0 Å². The number of hydrogen-bond donors (Lipinski definition) is 1. The number of rotatable bonds is 2. The van der Waals surface area contributed by atoms with Crippen LogP contribution in [0.2, 0.25) is 0 Å². The smallest absolute Gasteiger partial charge is 0.266 e. The molecule has 0 atom stereocenters. The second kappa shape index (κ2) is 6.07. The summed E-state index contributed by atoms with van der Waals surface area (Å²) >= 11 is 0. The molecule has 0 aliphatic heterocycles. The molecule has 22 heavy (non-hydrogen) atoms. The van der Waals surface area contributed by atoms with Gasteiger partial charge in [-0.25, -0.2) is 0 Å². The molecule has 2 aromatic rings. The maximum Gasteiger partial charge on any atom is 0.266 e. The molecular weight excluding hydrogens is 276 g/mol. The van der Waals surface area contributed by atoms with Gasteiger partial charge in [0, 0.05) is 11.3 Å². The Hall–Kier alpha value is -2.54. The molecule has 3 rings (SSSR count). The Morgan fingerprint density at radius 1 is 1.14 bits per heavy atom. The second-order valence-electron chi connectivity index (χ2n) is 5.56. The first-order chi connectivity index (χ1) is 10.7. The predicted molar refractivity (Wildman–Crippen MR) is 85.0 cm³/mol. The van der Waals surface area contributed by atoms with E-state index in [2.05, 4.69) is 11.1 Å². The van der Waals surface area contributed by atoms with Gasteiger partial charge in [0.2, 0.25) is 0 Å². The van der Waals surface area contributed by atoms with Crippen LogP contribution in [0, 0.1) is 11.3 Å². The van der Waals surface area contributed by atoms with Crippen LogP contribution in [-0.4, -0.2) is 12.1 Å². The van der Waals surface area contributed by atoms with E-state index in [1.54, 1.807) is 7.11 Å². The fourth-order valence-electron chi connectivity index (χ4n) is 3.14. The molecule has 1 heterocycles. The molecule has 0 spiro atoms. The lowest BCUT2D eigenvalue weighted by Crippen LogP contribution is -2.17. The third-order valence-corrected chi connectivity index (χ3v) is 4.25. The van der Waals surface area contributed by atoms with E-state index in [4.69, 9.17) is 4.74 Å². The number of methoxy groups -OCH3 is 1. The highest BCUT2D eigenvalue weighted by Gasteiger charge is 2.20. The van der Waals surface area contributed by atoms with Crippen molar-refractivity contribution in [1.29, 1.82) is 5.26 Å². The van der Waals surface area contributed by atoms with E-state index in [1.807, 2.05) is 24.3 Å². The van der Waals surface area contributed by atoms with Gasteiger partial charge in [-0.3, -0.25) is 4.79 Å². The number of nitrogens with zero attached hydrogens (tertiary/aromatic N) is 1. The maximum absolute atomic E-state index is 12.2. The van der Waals surface area contributed by atoms with Crippen LogP contribution in [0.3, 0.4) is 0 Å². The van der Waals surface area contributed by atoms with E-state index in [9.17, 15) is 10.1 Å². The zero-order valence-electron chi connectivity index (χ0n) is 12.6. The van der Waals surface area contributed by atoms with Gasteiger partial charge in [0.1, 0.15) is 17.4 Å². The molecule has 1 aliphatic rings. The topological polar surface area (TPSA) is 65.9 Å². The summed E-state index contributed by atoms with van der Waals surface area (Å²) in [4.78, 5) is 15.2. The van der Waals surface area contributed by atoms with E-state index >= 15 is 0 Å². The van der Waals surface area contributed by atoms with E-state index in [1.165, 1.54) is 0 Å². The molecule has 0 radical (unpaired) electrons. The van der Waals surface area contributed by atoms with Crippen molar-refractivity contribution >= 4 is 0 Å². The third kappa shape index (κ3) is 2.50. The first-order valence-electron chi connectivity index (χ1n) is 7.57. The minimum atomic E-state index is -0.283. The Morgan fingerprint density at radius 2 is 1.86 bits per heavy atom. The number of aromatic amines is 1. The van der Waals surface area contributed by atoms with E-state index in [0.29, 0.717) is 0 Å². The van der Waals surface area contributed by atoms with E-state index in [0.717, 1.165) is 60.2 Å². The molecule has 0 unspecified atom stereocenters. The number of aryl methyl sites for hydroxylation is 1. The van der Waals surface area contributed by atoms with Crippen molar-refractivity contribution in [2.75, 3.05) is 7.11 Å². The molecule has 1 aromatic heterocycles. The largest absolute Gasteiger partial charge is 0.497 e. The Morgan fingerprint density at radius 3 is 2.55 bits per heavy atom. The lowest BCUT2D eigenvalue weighted by atomic mass is 9.92. The van der Waals surface area contributed by atoms with Gasteiger partial charge in [-0.2, -0.15) is 5.26 Å². The molecule has 1 aliphatic carbocycles. The quantitative estimate of drug-likeness (QED) is 0.865. The number of pyridine rings is 1. The number of benzene rings is 1. The van der Waals surface area contributed by atoms with Crippen LogP contribution in [0.15, 0.2) is 29.1 Å². The van der Waals surface area contributed by atoms with Crippen molar-refractivity contribution in [3.8, 4) is 22.9 Å². The molecule has 4 nitrogen and oxygen atoms in total. The Bertz CT molecular complexity index is 782. The molecule has 0 saturated carbocycles. The van der Waals surface area contributed by atoms with Crippen LogP contribution in [-0.2, 0) is 12.8 Å². The number of fused-ring (bicyclic) bond motifs is 1. The van der Waals surface area contributed by atoms with Crippen LogP contribution >= 0.6 is 0 Å². The number of nitrogens with one attached hydrogen (secondary N) is 1. The van der Waals surface area contributed by atoms with Crippen LogP contribution in [0.25, 0.3) is 11.1 Å². The van der Waals surface area contributed by atoms with Crippen molar-refractivity contribution < 1.29 is 4.74 Å². The zero-order chi connectivity index (χ0) is 15.5. The van der Waals surface area contributed by atoms with Crippen LogP contribution in [0.4, 0.5) is 0 Å². The van der Waals surface area contributed by atoms with Gasteiger partial charge in [0.25, 0.3) is 5.56 Å². The lowest BCUT2D eigenvalue weighted by molar-refractivity contribution is 0.415. The molecule has 0 fully saturated rings. The number of aromatic nitrogens is 1. The Kier molecular flexibility index (Phi) is 3.97. The summed E-state index contributed by atoms with van der Waals surface area (Å²) in [6.45, 7) is 0. The van der Waals surface area contributed by atoms with Crippen LogP contribution in [0.5, 0.6) is 5.75 Å². The molecule has 1 N–H and O–H groups in total. The lowest BCUT2D eigenvalue weighted by Gasteiger charge is -2.14. The summed E-state index contributed by atoms with van der Waals surface area (Å²) < 4.78 is 5.19. The molecule has 0 saturated heterocycles. The zero-order valence-corrected chi connectivity index (χ0v) is 12.6. The number of H-pyrrole nitrogens is 1. The standard InChI is InChI=1S/C18H18N2O2/c1-22-13-9-7-12(8-10-13)17-14-5-3-2-4-6-16(14)20-18(21)15(17)11-19/h7-10H,2-6H2,1H3,(H,20,21). The van der Waals surface area contributed by atoms with Crippen LogP contribution < -0.4 is 10.3 Å². The summed E-state index contributed by atoms with van der Waals surface area (Å²) in [7, 11) is 1.62. The molecular formula is C18H18N2O2. The van der Waals surface area contributed by atoms with Crippen molar-refractivity contribution in [2.45, 2.75) is 32.1 Å². The van der Waals surface area contributed by atoms with Gasteiger partial charge in [-0.1, -0.05) is 18.6 Å². The van der Waals surface area contributed by atoms with Crippen molar-refractivity contribution in [1.82, 2.24) is 4.98 Å². The van der Waals surface area contributed by atoms with Gasteiger partial charge in [-0.15, -0.1) is 0 Å². The highest BCUT2D eigenvalue weighted by Crippen LogP contribution is 2.32. The van der Waals surface area contributed by atoms with Crippen LogP contribution in [0.1, 0.15) is 36.1 Å². The molecule has 0 bridgehead atoms. The van der Waals surface area contributed by atoms with Gasteiger partial charge in [-0.05, 0) is 48.9 Å².